The van der Waals surface area contributed by atoms with Crippen molar-refractivity contribution in [2.24, 2.45) is 5.92 Å². The summed E-state index contributed by atoms with van der Waals surface area (Å²) in [5.74, 6) is 0.633. The van der Waals surface area contributed by atoms with E-state index in [-0.39, 0.29) is 41.2 Å². The van der Waals surface area contributed by atoms with E-state index >= 15 is 0 Å². The highest BCUT2D eigenvalue weighted by molar-refractivity contribution is 5.76. The second kappa shape index (κ2) is 7.84. The quantitative estimate of drug-likeness (QED) is 0.637. The van der Waals surface area contributed by atoms with Crippen LogP contribution >= 0.6 is 0 Å². The van der Waals surface area contributed by atoms with Gasteiger partial charge in [-0.25, -0.2) is 0 Å². The minimum atomic E-state index is -0.548. The fourth-order valence-corrected chi connectivity index (χ4v) is 7.44. The number of benzene rings is 1. The Morgan fingerprint density at radius 1 is 1.29 bits per heavy atom. The molecule has 2 unspecified atom stereocenters. The lowest BCUT2D eigenvalue weighted by molar-refractivity contribution is -0.204. The minimum Gasteiger partial charge on any atom is -0.504 e. The molecule has 0 radical (unpaired) electrons. The number of hydrogen-bond acceptors (Lipinski definition) is 7. The first kappa shape index (κ1) is 23.9. The normalized spacial score (nSPS) is 35.0. The van der Waals surface area contributed by atoms with Gasteiger partial charge in [0.2, 0.25) is 0 Å². The van der Waals surface area contributed by atoms with Crippen LogP contribution in [0.4, 0.5) is 0 Å². The zero-order chi connectivity index (χ0) is 24.6. The van der Waals surface area contributed by atoms with Gasteiger partial charge in [-0.2, -0.15) is 0 Å². The smallest absolute Gasteiger partial charge is 0.323 e. The van der Waals surface area contributed by atoms with Crippen LogP contribution in [-0.4, -0.2) is 72.1 Å². The van der Waals surface area contributed by atoms with E-state index in [2.05, 4.69) is 23.3 Å². The van der Waals surface area contributed by atoms with Gasteiger partial charge in [-0.15, -0.1) is 0 Å². The summed E-state index contributed by atoms with van der Waals surface area (Å²) in [5.41, 5.74) is 1.06. The second-order valence-electron chi connectivity index (χ2n) is 12.1. The largest absolute Gasteiger partial charge is 0.504 e. The Morgan fingerprint density at radius 2 is 2.03 bits per heavy atom. The number of hydrogen-bond donors (Lipinski definition) is 2. The molecule has 5 rings (SSSR count). The molecule has 1 aromatic carbocycles. The van der Waals surface area contributed by atoms with Crippen molar-refractivity contribution in [3.63, 3.8) is 0 Å². The zero-order valence-corrected chi connectivity index (χ0v) is 21.6. The van der Waals surface area contributed by atoms with E-state index in [0.717, 1.165) is 37.8 Å². The Hall–Kier alpha value is -1.83. The van der Waals surface area contributed by atoms with E-state index in [4.69, 9.17) is 14.2 Å². The van der Waals surface area contributed by atoms with Crippen LogP contribution in [0, 0.1) is 5.92 Å². The Bertz CT molecular complexity index is 988. The predicted molar refractivity (Wildman–Crippen MR) is 129 cm³/mol. The maximum absolute atomic E-state index is 13.1. The Kier molecular flexibility index (Phi) is 5.51. The number of ether oxygens (including phenoxy) is 3. The van der Waals surface area contributed by atoms with E-state index in [9.17, 15) is 9.90 Å². The molecule has 0 amide bonds. The third-order valence-electron chi connectivity index (χ3n) is 8.77. The van der Waals surface area contributed by atoms with Gasteiger partial charge in [0.1, 0.15) is 17.7 Å². The highest BCUT2D eigenvalue weighted by Gasteiger charge is 2.73. The second-order valence-corrected chi connectivity index (χ2v) is 12.1. The van der Waals surface area contributed by atoms with E-state index in [1.165, 1.54) is 5.56 Å². The monoisotopic (exact) mass is 472 g/mol. The third kappa shape index (κ3) is 3.16. The number of aromatic hydroxyl groups is 1. The van der Waals surface area contributed by atoms with Crippen LogP contribution in [0.15, 0.2) is 12.1 Å². The molecule has 2 heterocycles. The number of carbonyl (C=O) groups excluding carboxylic acids is 1. The van der Waals surface area contributed by atoms with Crippen molar-refractivity contribution >= 4 is 5.97 Å². The number of piperidine rings is 1. The van der Waals surface area contributed by atoms with Crippen LogP contribution < -0.4 is 10.1 Å². The number of phenols is 1. The summed E-state index contributed by atoms with van der Waals surface area (Å²) >= 11 is 0. The number of likely N-dealkylation sites (tertiary alicyclic amines) is 1. The summed E-state index contributed by atoms with van der Waals surface area (Å²) in [5, 5.41) is 14.5. The molecule has 188 valence electrons. The van der Waals surface area contributed by atoms with Crippen molar-refractivity contribution in [1.29, 1.82) is 0 Å². The van der Waals surface area contributed by atoms with Gasteiger partial charge in [-0.1, -0.05) is 19.9 Å². The lowest BCUT2D eigenvalue weighted by Crippen LogP contribution is -2.78. The fourth-order valence-electron chi connectivity index (χ4n) is 7.44. The minimum absolute atomic E-state index is 0.0609. The number of phenolic OH excluding ortho intramolecular Hbond substituents is 1. The van der Waals surface area contributed by atoms with Crippen LogP contribution in [0.25, 0.3) is 0 Å². The highest BCUT2D eigenvalue weighted by atomic mass is 16.6. The van der Waals surface area contributed by atoms with Gasteiger partial charge in [0, 0.05) is 24.8 Å². The molecule has 4 aliphatic rings. The molecule has 1 aromatic rings. The van der Waals surface area contributed by atoms with Crippen molar-refractivity contribution in [3.8, 4) is 11.5 Å². The summed E-state index contributed by atoms with van der Waals surface area (Å²) in [7, 11) is 4.03. The number of nitrogens with one attached hydrogen (secondary N) is 1. The van der Waals surface area contributed by atoms with Gasteiger partial charge in [0.15, 0.2) is 11.5 Å². The first-order valence-electron chi connectivity index (χ1n) is 12.7. The molecule has 1 spiro atoms. The van der Waals surface area contributed by atoms with E-state index in [1.807, 2.05) is 41.7 Å². The van der Waals surface area contributed by atoms with Crippen LogP contribution in [0.2, 0.25) is 0 Å². The molecule has 0 aromatic heterocycles. The third-order valence-corrected chi connectivity index (χ3v) is 8.77. The van der Waals surface area contributed by atoms with E-state index in [1.54, 1.807) is 6.07 Å². The van der Waals surface area contributed by atoms with Crippen LogP contribution in [0.3, 0.4) is 0 Å². The molecule has 34 heavy (non-hydrogen) atoms. The molecule has 2 aliphatic carbocycles. The number of methoxy groups -OCH3 is 1. The Labute approximate surface area is 203 Å². The van der Waals surface area contributed by atoms with Crippen LogP contribution in [0.1, 0.15) is 65.0 Å². The molecular weight excluding hydrogens is 432 g/mol. The van der Waals surface area contributed by atoms with Gasteiger partial charge >= 0.3 is 5.97 Å². The first-order valence-corrected chi connectivity index (χ1v) is 12.7. The summed E-state index contributed by atoms with van der Waals surface area (Å²) in [6.07, 6.45) is 3.22. The lowest BCUT2D eigenvalue weighted by atomic mass is 9.48. The molecule has 6 atom stereocenters. The molecular formula is C27H40N2O5. The molecule has 2 N–H and O–H groups in total. The van der Waals surface area contributed by atoms with Crippen molar-refractivity contribution in [1.82, 2.24) is 10.2 Å². The zero-order valence-electron chi connectivity index (χ0n) is 21.6. The maximum atomic E-state index is 13.1. The van der Waals surface area contributed by atoms with Gasteiger partial charge in [-0.3, -0.25) is 10.1 Å². The van der Waals surface area contributed by atoms with Gasteiger partial charge in [0.25, 0.3) is 0 Å². The summed E-state index contributed by atoms with van der Waals surface area (Å²) < 4.78 is 19.0. The first-order chi connectivity index (χ1) is 15.9. The predicted octanol–water partition coefficient (Wildman–Crippen LogP) is 3.15. The SMILES string of the molecule is CO[C@@]12CCC(N[C@@H](C(=O)OC(C)(C)C)C(C)C)C3Oc4c(O)ccc5c4[C@@]31CCN(C)[C@@H]2C5. The number of likely N-dealkylation sites (N-methyl/N-ethyl adjacent to an activating group) is 1. The Balaban J connectivity index is 1.57. The van der Waals surface area contributed by atoms with Crippen molar-refractivity contribution in [3.05, 3.63) is 23.3 Å². The molecule has 7 nitrogen and oxygen atoms in total. The van der Waals surface area contributed by atoms with Crippen LogP contribution in [0.5, 0.6) is 11.5 Å². The average Bonchev–Trinajstić information content (AvgIpc) is 3.11. The molecule has 7 heteroatoms. The van der Waals surface area contributed by atoms with Crippen LogP contribution in [-0.2, 0) is 26.1 Å². The summed E-state index contributed by atoms with van der Waals surface area (Å²) in [6, 6.07) is 3.56. The topological polar surface area (TPSA) is 80.3 Å². The number of esters is 1. The molecule has 2 fully saturated rings. The molecule has 1 saturated heterocycles. The average molecular weight is 473 g/mol. The highest BCUT2D eigenvalue weighted by Crippen LogP contribution is 2.66. The molecule has 1 saturated carbocycles. The van der Waals surface area contributed by atoms with Gasteiger partial charge in [0.05, 0.1) is 11.0 Å². The summed E-state index contributed by atoms with van der Waals surface area (Å²) in [4.78, 5) is 15.6. The fraction of sp³-hybridized carbons (Fsp3) is 0.741. The molecule has 2 bridgehead atoms. The number of carbonyl (C=O) groups is 1. The van der Waals surface area contributed by atoms with Gasteiger partial charge in [-0.05, 0) is 77.6 Å². The van der Waals surface area contributed by atoms with Crippen molar-refractivity contribution in [2.45, 2.75) is 101 Å². The molecule has 2 aliphatic heterocycles. The Morgan fingerprint density at radius 3 is 2.68 bits per heavy atom. The summed E-state index contributed by atoms with van der Waals surface area (Å²) in [6.45, 7) is 10.7. The van der Waals surface area contributed by atoms with Crippen molar-refractivity contribution in [2.75, 3.05) is 20.7 Å². The van der Waals surface area contributed by atoms with Crippen molar-refractivity contribution < 1.29 is 24.1 Å². The number of nitrogens with zero attached hydrogens (tertiary/aromatic N) is 1. The number of rotatable bonds is 5. The lowest BCUT2D eigenvalue weighted by Gasteiger charge is -2.65. The van der Waals surface area contributed by atoms with E-state index < -0.39 is 17.2 Å². The van der Waals surface area contributed by atoms with Gasteiger partial charge < -0.3 is 24.2 Å². The van der Waals surface area contributed by atoms with E-state index in [0.29, 0.717) is 5.75 Å². The maximum Gasteiger partial charge on any atom is 0.323 e. The standard InChI is InChI=1S/C27H40N2O5/c1-15(2)21(24(31)34-25(3,4)5)28-17-10-11-27(32-7)19-14-16-8-9-18(30)22-20(16)26(27,23(17)33-22)12-13-29(19)6/h8-9,15,17,19,21,23,28,30H,10-14H2,1-7H3/t17?,19-,21-,23?,26+,27-/m1/s1.